The van der Waals surface area contributed by atoms with Gasteiger partial charge in [0.15, 0.2) is 0 Å². The average molecular weight is 400 g/mol. The average Bonchev–Trinajstić information content (AvgIpc) is 2.44. The fourth-order valence-corrected chi connectivity index (χ4v) is 0.577. The second-order valence-corrected chi connectivity index (χ2v) is 4.23. The molecule has 0 atom stereocenters. The molecule has 23 heavy (non-hydrogen) atoms. The van der Waals surface area contributed by atoms with Gasteiger partial charge in [0.05, 0.1) is 0 Å². The second-order valence-electron chi connectivity index (χ2n) is 4.23. The van der Waals surface area contributed by atoms with Gasteiger partial charge in [0.2, 0.25) is 0 Å². The molecule has 0 aromatic carbocycles. The van der Waals surface area contributed by atoms with Gasteiger partial charge < -0.3 is 32.8 Å². The molecule has 0 aliphatic heterocycles. The molecule has 0 N–H and O–H groups in total. The molecule has 0 fully saturated rings. The summed E-state index contributed by atoms with van der Waals surface area (Å²) in [6, 6.07) is 0. The van der Waals surface area contributed by atoms with E-state index >= 15 is 0 Å². The molecule has 136 valence electrons. The van der Waals surface area contributed by atoms with Gasteiger partial charge in [0, 0.05) is 0 Å². The van der Waals surface area contributed by atoms with Crippen molar-refractivity contribution in [1.82, 2.24) is 0 Å². The SMILES string of the molecule is CCCC[O-].CCCC[O-].CCCC[O-].CCCC[O-].[Cl-].[Mg+2].[Ti+4]. The van der Waals surface area contributed by atoms with E-state index in [-0.39, 0.29) is 83.6 Å². The van der Waals surface area contributed by atoms with Crippen molar-refractivity contribution in [1.29, 1.82) is 0 Å². The van der Waals surface area contributed by atoms with Crippen molar-refractivity contribution in [3.05, 3.63) is 0 Å². The molecular weight excluding hydrogens is 364 g/mol. The Hall–Kier alpha value is 1.61. The van der Waals surface area contributed by atoms with E-state index in [9.17, 15) is 20.4 Å². The fraction of sp³-hybridized carbons (Fsp3) is 1.00. The van der Waals surface area contributed by atoms with Gasteiger partial charge in [-0.15, -0.1) is 26.4 Å². The Balaban J connectivity index is -0.0000000284. The standard InChI is InChI=1S/4C4H9O.ClH.Mg.Ti/c4*1-2-3-4-5;;;/h4*2-4H2,1H3;1H;;/q4*-1;;+2;+4/p-1. The molecule has 0 bridgehead atoms. The monoisotopic (exact) mass is 399 g/mol. The largest absolute Gasteiger partial charge is 4.00 e. The van der Waals surface area contributed by atoms with E-state index in [1.807, 2.05) is 27.7 Å². The fourth-order valence-electron chi connectivity index (χ4n) is 0.577. The van der Waals surface area contributed by atoms with Crippen LogP contribution in [0.4, 0.5) is 0 Å². The molecule has 0 aliphatic rings. The van der Waals surface area contributed by atoms with Crippen molar-refractivity contribution >= 4 is 23.1 Å². The van der Waals surface area contributed by atoms with Gasteiger partial charge in [-0.2, -0.15) is 0 Å². The third-order valence-corrected chi connectivity index (χ3v) is 1.99. The third kappa shape index (κ3) is 119. The van der Waals surface area contributed by atoms with Crippen molar-refractivity contribution < 1.29 is 54.6 Å². The molecule has 0 aromatic heterocycles. The van der Waals surface area contributed by atoms with Crippen LogP contribution in [0, 0.1) is 0 Å². The summed E-state index contributed by atoms with van der Waals surface area (Å²) in [4.78, 5) is 0. The van der Waals surface area contributed by atoms with Crippen LogP contribution in [-0.4, -0.2) is 49.5 Å². The minimum Gasteiger partial charge on any atom is -1.00 e. The molecule has 0 saturated heterocycles. The van der Waals surface area contributed by atoms with Gasteiger partial charge in [-0.3, -0.25) is 0 Å². The summed E-state index contributed by atoms with van der Waals surface area (Å²) in [6.45, 7) is 8.42. The van der Waals surface area contributed by atoms with Gasteiger partial charge in [-0.25, -0.2) is 0 Å². The molecule has 0 radical (unpaired) electrons. The zero-order valence-electron chi connectivity index (χ0n) is 15.7. The zero-order valence-corrected chi connectivity index (χ0v) is 19.4. The van der Waals surface area contributed by atoms with Gasteiger partial charge >= 0.3 is 44.8 Å². The maximum absolute atomic E-state index is 9.53. The summed E-state index contributed by atoms with van der Waals surface area (Å²) in [6.07, 6.45) is 7.46. The van der Waals surface area contributed by atoms with Crippen LogP contribution in [0.3, 0.4) is 0 Å². The molecule has 0 unspecified atom stereocenters. The van der Waals surface area contributed by atoms with Crippen LogP contribution >= 0.6 is 0 Å². The zero-order chi connectivity index (χ0) is 16.5. The van der Waals surface area contributed by atoms with Crippen molar-refractivity contribution in [3.63, 3.8) is 0 Å². The maximum atomic E-state index is 9.53. The first-order valence-electron chi connectivity index (χ1n) is 7.98. The maximum Gasteiger partial charge on any atom is 4.00 e. The molecular formula is C16H36ClMgO4Ti+. The van der Waals surface area contributed by atoms with E-state index in [0.29, 0.717) is 0 Å². The van der Waals surface area contributed by atoms with Crippen LogP contribution in [0.15, 0.2) is 0 Å². The number of hydrogen-bond donors (Lipinski definition) is 0. The first-order chi connectivity index (χ1) is 9.66. The van der Waals surface area contributed by atoms with Crippen LogP contribution in [-0.2, 0) is 21.7 Å². The van der Waals surface area contributed by atoms with Gasteiger partial charge in [0.1, 0.15) is 0 Å². The Kier molecular flexibility index (Phi) is 125. The molecule has 0 saturated carbocycles. The van der Waals surface area contributed by atoms with Crippen LogP contribution in [0.25, 0.3) is 0 Å². The molecule has 0 aromatic rings. The molecule has 4 nitrogen and oxygen atoms in total. The van der Waals surface area contributed by atoms with E-state index in [4.69, 9.17) is 0 Å². The summed E-state index contributed by atoms with van der Waals surface area (Å²) in [7, 11) is 0. The number of hydrogen-bond acceptors (Lipinski definition) is 4. The Labute approximate surface area is 182 Å². The summed E-state index contributed by atoms with van der Waals surface area (Å²) < 4.78 is 0. The Morgan fingerprint density at radius 1 is 0.478 bits per heavy atom. The Bertz CT molecular complexity index is 86.1. The summed E-state index contributed by atoms with van der Waals surface area (Å²) in [5.41, 5.74) is 0. The number of unbranched alkanes of at least 4 members (excludes halogenated alkanes) is 4. The van der Waals surface area contributed by atoms with Crippen molar-refractivity contribution in [2.75, 3.05) is 26.4 Å². The smallest absolute Gasteiger partial charge is 1.00 e. The first kappa shape index (κ1) is 44.2. The minimum atomic E-state index is 0. The second kappa shape index (κ2) is 65.2. The van der Waals surface area contributed by atoms with E-state index in [2.05, 4.69) is 0 Å². The molecule has 0 heterocycles. The van der Waals surface area contributed by atoms with Crippen molar-refractivity contribution in [2.45, 2.75) is 79.1 Å². The third-order valence-electron chi connectivity index (χ3n) is 1.99. The van der Waals surface area contributed by atoms with E-state index in [1.165, 1.54) is 0 Å². The van der Waals surface area contributed by atoms with Crippen molar-refractivity contribution in [3.8, 4) is 0 Å². The topological polar surface area (TPSA) is 92.2 Å². The number of rotatable bonds is 8. The van der Waals surface area contributed by atoms with Crippen LogP contribution in [0.2, 0.25) is 0 Å². The summed E-state index contributed by atoms with van der Waals surface area (Å²) in [5.74, 6) is 0. The Morgan fingerprint density at radius 2 is 0.609 bits per heavy atom. The predicted molar refractivity (Wildman–Crippen MR) is 84.9 cm³/mol. The Morgan fingerprint density at radius 3 is 0.609 bits per heavy atom. The molecule has 0 amide bonds. The quantitative estimate of drug-likeness (QED) is 0.412. The van der Waals surface area contributed by atoms with Gasteiger partial charge in [-0.05, 0) is 0 Å². The first-order valence-corrected chi connectivity index (χ1v) is 7.98. The number of halogens is 1. The van der Waals surface area contributed by atoms with Gasteiger partial charge in [-0.1, -0.05) is 79.1 Å². The summed E-state index contributed by atoms with van der Waals surface area (Å²) in [5, 5.41) is 38.1. The molecule has 0 spiro atoms. The van der Waals surface area contributed by atoms with E-state index in [1.54, 1.807) is 0 Å². The van der Waals surface area contributed by atoms with Crippen LogP contribution in [0.5, 0.6) is 0 Å². The predicted octanol–water partition coefficient (Wildman–Crippen LogP) is -2.79. The van der Waals surface area contributed by atoms with Crippen LogP contribution in [0.1, 0.15) is 79.1 Å². The molecule has 7 heteroatoms. The van der Waals surface area contributed by atoms with E-state index < -0.39 is 0 Å². The summed E-state index contributed by atoms with van der Waals surface area (Å²) >= 11 is 0. The molecule has 0 aliphatic carbocycles. The molecule has 0 rings (SSSR count). The normalized spacial score (nSPS) is 7.30. The van der Waals surface area contributed by atoms with Gasteiger partial charge in [0.25, 0.3) is 0 Å². The van der Waals surface area contributed by atoms with E-state index in [0.717, 1.165) is 51.4 Å². The minimum absolute atomic E-state index is 0. The van der Waals surface area contributed by atoms with Crippen molar-refractivity contribution in [2.24, 2.45) is 0 Å². The van der Waals surface area contributed by atoms with Crippen LogP contribution < -0.4 is 32.8 Å².